The molecule has 0 aliphatic carbocycles. The van der Waals surface area contributed by atoms with Crippen LogP contribution in [0.3, 0.4) is 0 Å². The Balaban J connectivity index is 1.74. The second kappa shape index (κ2) is 6.38. The zero-order valence-corrected chi connectivity index (χ0v) is 17.5. The Bertz CT molecular complexity index is 742. The van der Waals surface area contributed by atoms with Crippen molar-refractivity contribution in [1.82, 2.24) is 10.3 Å². The highest BCUT2D eigenvalue weighted by molar-refractivity contribution is 8.15. The van der Waals surface area contributed by atoms with Gasteiger partial charge in [0.2, 0.25) is 11.8 Å². The standard InChI is InChI=1S/C17H25N3O7S/c1-8(21)18-14-19-20(9(2)22)17(28-14)11(10-7-23-15(3,4)25-10)24-13-12(17)26-16(5,6)27-13/h10-13H,7H2,1-6H3,(H,18,19,21)/t10-,11-,12+,13-,17-/m1/s1. The SMILES string of the molecule is CC(=O)NC1=NN(C(C)=O)[C@@]2(S1)[C@@H]([C@H]1COC(C)(C)O1)O[C@@H]1OC(C)(C)O[C@@H]12. The van der Waals surface area contributed by atoms with Crippen LogP contribution in [-0.4, -0.2) is 69.6 Å². The number of hydrazone groups is 1. The molecule has 3 fully saturated rings. The van der Waals surface area contributed by atoms with Crippen LogP contribution in [0, 0.1) is 0 Å². The fourth-order valence-corrected chi connectivity index (χ4v) is 5.48. The number of hydrogen-bond acceptors (Lipinski definition) is 9. The third-order valence-electron chi connectivity index (χ3n) is 4.89. The van der Waals surface area contributed by atoms with Crippen LogP contribution in [0.2, 0.25) is 0 Å². The lowest BCUT2D eigenvalue weighted by Crippen LogP contribution is -2.60. The van der Waals surface area contributed by atoms with Gasteiger partial charge in [-0.15, -0.1) is 5.10 Å². The van der Waals surface area contributed by atoms with E-state index >= 15 is 0 Å². The number of fused-ring (bicyclic) bond motifs is 2. The number of nitrogens with zero attached hydrogens (tertiary/aromatic N) is 2. The summed E-state index contributed by atoms with van der Waals surface area (Å²) in [6.45, 7) is 10.3. The van der Waals surface area contributed by atoms with Gasteiger partial charge in [-0.2, -0.15) is 0 Å². The van der Waals surface area contributed by atoms with Crippen molar-refractivity contribution in [2.45, 2.75) is 82.6 Å². The Morgan fingerprint density at radius 2 is 1.82 bits per heavy atom. The van der Waals surface area contributed by atoms with E-state index in [1.807, 2.05) is 13.8 Å². The summed E-state index contributed by atoms with van der Waals surface area (Å²) in [5.74, 6) is -2.27. The maximum Gasteiger partial charge on any atom is 0.241 e. The van der Waals surface area contributed by atoms with E-state index < -0.39 is 41.0 Å². The molecule has 156 valence electrons. The molecule has 0 bridgehead atoms. The molecule has 4 rings (SSSR count). The van der Waals surface area contributed by atoms with Crippen LogP contribution in [0.25, 0.3) is 0 Å². The molecular formula is C17H25N3O7S. The number of carbonyl (C=O) groups excluding carboxylic acids is 2. The number of rotatable bonds is 1. The summed E-state index contributed by atoms with van der Waals surface area (Å²) in [6, 6.07) is 0. The lowest BCUT2D eigenvalue weighted by atomic mass is 10.0. The first-order valence-electron chi connectivity index (χ1n) is 9.12. The molecular weight excluding hydrogens is 390 g/mol. The molecule has 4 aliphatic heterocycles. The van der Waals surface area contributed by atoms with Crippen LogP contribution >= 0.6 is 11.8 Å². The van der Waals surface area contributed by atoms with E-state index in [4.69, 9.17) is 23.7 Å². The molecule has 11 heteroatoms. The van der Waals surface area contributed by atoms with Gasteiger partial charge in [-0.3, -0.25) is 9.59 Å². The average molecular weight is 415 g/mol. The molecule has 5 atom stereocenters. The third kappa shape index (κ3) is 3.14. The minimum atomic E-state index is -1.10. The van der Waals surface area contributed by atoms with E-state index in [1.54, 1.807) is 13.8 Å². The van der Waals surface area contributed by atoms with Gasteiger partial charge in [0.1, 0.15) is 18.3 Å². The van der Waals surface area contributed by atoms with Gasteiger partial charge in [0.15, 0.2) is 27.9 Å². The number of amides is 2. The van der Waals surface area contributed by atoms with Crippen molar-refractivity contribution in [2.24, 2.45) is 5.10 Å². The fourth-order valence-electron chi connectivity index (χ4n) is 3.99. The van der Waals surface area contributed by atoms with Crippen LogP contribution in [0.15, 0.2) is 5.10 Å². The summed E-state index contributed by atoms with van der Waals surface area (Å²) in [7, 11) is 0. The lowest BCUT2D eigenvalue weighted by molar-refractivity contribution is -0.230. The van der Waals surface area contributed by atoms with Gasteiger partial charge in [-0.25, -0.2) is 5.01 Å². The minimum absolute atomic E-state index is 0.282. The highest BCUT2D eigenvalue weighted by Gasteiger charge is 2.72. The zero-order chi connectivity index (χ0) is 20.5. The molecule has 0 saturated carbocycles. The van der Waals surface area contributed by atoms with Gasteiger partial charge in [0, 0.05) is 13.8 Å². The van der Waals surface area contributed by atoms with Crippen LogP contribution in [-0.2, 0) is 33.3 Å². The van der Waals surface area contributed by atoms with Gasteiger partial charge in [-0.05, 0) is 39.5 Å². The maximum atomic E-state index is 12.5. The second-order valence-electron chi connectivity index (χ2n) is 8.12. The van der Waals surface area contributed by atoms with Crippen LogP contribution in [0.4, 0.5) is 0 Å². The number of carbonyl (C=O) groups is 2. The molecule has 0 radical (unpaired) electrons. The predicted molar refractivity (Wildman–Crippen MR) is 97.7 cm³/mol. The number of ether oxygens (including phenoxy) is 5. The summed E-state index contributed by atoms with van der Waals surface area (Å²) in [6.07, 6.45) is -2.47. The average Bonchev–Trinajstić information content (AvgIpc) is 3.23. The van der Waals surface area contributed by atoms with Crippen molar-refractivity contribution < 1.29 is 33.3 Å². The Labute approximate surface area is 167 Å². The molecule has 3 saturated heterocycles. The van der Waals surface area contributed by atoms with Crippen molar-refractivity contribution >= 4 is 28.7 Å². The normalized spacial score (nSPS) is 40.6. The Hall–Kier alpha value is -1.24. The molecule has 0 unspecified atom stereocenters. The monoisotopic (exact) mass is 415 g/mol. The molecule has 10 nitrogen and oxygen atoms in total. The Morgan fingerprint density at radius 3 is 2.39 bits per heavy atom. The first-order chi connectivity index (χ1) is 12.9. The largest absolute Gasteiger partial charge is 0.348 e. The molecule has 4 heterocycles. The van der Waals surface area contributed by atoms with Crippen molar-refractivity contribution in [3.8, 4) is 0 Å². The van der Waals surface area contributed by atoms with Gasteiger partial charge in [0.25, 0.3) is 0 Å². The van der Waals surface area contributed by atoms with Crippen molar-refractivity contribution in [1.29, 1.82) is 0 Å². The highest BCUT2D eigenvalue weighted by Crippen LogP contribution is 2.56. The molecule has 4 aliphatic rings. The molecule has 1 N–H and O–H groups in total. The summed E-state index contributed by atoms with van der Waals surface area (Å²) >= 11 is 1.22. The molecule has 2 amide bonds. The summed E-state index contributed by atoms with van der Waals surface area (Å²) in [5.41, 5.74) is 0. The van der Waals surface area contributed by atoms with Crippen molar-refractivity contribution in [3.63, 3.8) is 0 Å². The first kappa shape index (κ1) is 20.0. The summed E-state index contributed by atoms with van der Waals surface area (Å²) in [5, 5.41) is 8.62. The van der Waals surface area contributed by atoms with Crippen molar-refractivity contribution in [3.05, 3.63) is 0 Å². The van der Waals surface area contributed by atoms with E-state index in [-0.39, 0.29) is 18.4 Å². The first-order valence-corrected chi connectivity index (χ1v) is 9.94. The Kier molecular flexibility index (Phi) is 4.57. The smallest absolute Gasteiger partial charge is 0.241 e. The van der Waals surface area contributed by atoms with Crippen LogP contribution in [0.5, 0.6) is 0 Å². The maximum absolute atomic E-state index is 12.5. The fraction of sp³-hybridized carbons (Fsp3) is 0.824. The summed E-state index contributed by atoms with van der Waals surface area (Å²) < 4.78 is 30.0. The number of hydrogen-bond donors (Lipinski definition) is 1. The van der Waals surface area contributed by atoms with Crippen LogP contribution in [0.1, 0.15) is 41.5 Å². The molecule has 1 spiro atoms. The number of amidine groups is 1. The van der Waals surface area contributed by atoms with E-state index in [1.165, 1.54) is 30.6 Å². The van der Waals surface area contributed by atoms with E-state index in [0.717, 1.165) is 0 Å². The van der Waals surface area contributed by atoms with Gasteiger partial charge in [-0.1, -0.05) is 0 Å². The second-order valence-corrected chi connectivity index (χ2v) is 9.36. The quantitative estimate of drug-likeness (QED) is 0.667. The number of thioether (sulfide) groups is 1. The zero-order valence-electron chi connectivity index (χ0n) is 16.7. The third-order valence-corrected chi connectivity index (χ3v) is 6.23. The topological polar surface area (TPSA) is 108 Å². The minimum Gasteiger partial charge on any atom is -0.348 e. The highest BCUT2D eigenvalue weighted by atomic mass is 32.2. The van der Waals surface area contributed by atoms with Gasteiger partial charge < -0.3 is 29.0 Å². The van der Waals surface area contributed by atoms with Gasteiger partial charge >= 0.3 is 0 Å². The van der Waals surface area contributed by atoms with Gasteiger partial charge in [0.05, 0.1) is 6.61 Å². The number of nitrogens with one attached hydrogen (secondary N) is 1. The lowest BCUT2D eigenvalue weighted by Gasteiger charge is -2.40. The van der Waals surface area contributed by atoms with E-state index in [9.17, 15) is 9.59 Å². The van der Waals surface area contributed by atoms with E-state index in [2.05, 4.69) is 10.4 Å². The summed E-state index contributed by atoms with van der Waals surface area (Å²) in [4.78, 5) is 23.0. The predicted octanol–water partition coefficient (Wildman–Crippen LogP) is 0.713. The van der Waals surface area contributed by atoms with Crippen molar-refractivity contribution in [2.75, 3.05) is 6.61 Å². The molecule has 0 aromatic carbocycles. The molecule has 0 aromatic rings. The van der Waals surface area contributed by atoms with Crippen LogP contribution < -0.4 is 5.32 Å². The molecule has 28 heavy (non-hydrogen) atoms. The Morgan fingerprint density at radius 1 is 1.11 bits per heavy atom. The molecule has 0 aromatic heterocycles. The van der Waals surface area contributed by atoms with E-state index in [0.29, 0.717) is 5.17 Å².